The second kappa shape index (κ2) is 6.83. The first-order valence-electron chi connectivity index (χ1n) is 8.91. The molecule has 0 aliphatic heterocycles. The molecule has 0 aliphatic carbocycles. The van der Waals surface area contributed by atoms with Gasteiger partial charge in [0.05, 0.1) is 22.0 Å². The van der Waals surface area contributed by atoms with Crippen LogP contribution in [0.25, 0.3) is 21.9 Å². The Morgan fingerprint density at radius 3 is 2.70 bits per heavy atom. The van der Waals surface area contributed by atoms with Crippen LogP contribution in [-0.4, -0.2) is 33.6 Å². The molecule has 0 aliphatic rings. The van der Waals surface area contributed by atoms with Crippen molar-refractivity contribution < 1.29 is 8.42 Å². The number of aromatic amines is 2. The van der Waals surface area contributed by atoms with Crippen molar-refractivity contribution in [3.8, 4) is 0 Å². The number of hydrogen-bond acceptors (Lipinski definition) is 7. The van der Waals surface area contributed by atoms with Crippen molar-refractivity contribution in [3.63, 3.8) is 0 Å². The lowest BCUT2D eigenvalue weighted by atomic mass is 10.2. The van der Waals surface area contributed by atoms with Crippen LogP contribution in [0.3, 0.4) is 0 Å². The lowest BCUT2D eigenvalue weighted by Gasteiger charge is -2.11. The Balaban J connectivity index is 1.51. The lowest BCUT2D eigenvalue weighted by Crippen LogP contribution is -2.12. The minimum atomic E-state index is -3.81. The first kappa shape index (κ1) is 18.1. The number of anilines is 4. The van der Waals surface area contributed by atoms with Gasteiger partial charge in [0, 0.05) is 23.0 Å². The molecule has 0 fully saturated rings. The van der Waals surface area contributed by atoms with E-state index >= 15 is 0 Å². The molecule has 5 rings (SSSR count). The van der Waals surface area contributed by atoms with Crippen molar-refractivity contribution in [3.05, 3.63) is 60.9 Å². The molecule has 10 nitrogen and oxygen atoms in total. The molecule has 5 aromatic rings. The summed E-state index contributed by atoms with van der Waals surface area (Å²) in [5, 5.41) is 20.3. The summed E-state index contributed by atoms with van der Waals surface area (Å²) in [7, 11) is -3.81. The highest BCUT2D eigenvalue weighted by atomic mass is 32.2. The van der Waals surface area contributed by atoms with Crippen LogP contribution in [0.1, 0.15) is 0 Å². The summed E-state index contributed by atoms with van der Waals surface area (Å²) in [4.78, 5) is 12.1. The number of fused-ring (bicyclic) bond motifs is 2. The third-order valence-electron chi connectivity index (χ3n) is 4.54. The van der Waals surface area contributed by atoms with Gasteiger partial charge in [-0.15, -0.1) is 0 Å². The van der Waals surface area contributed by atoms with Crippen LogP contribution in [0.15, 0.2) is 65.8 Å². The average Bonchev–Trinajstić information content (AvgIpc) is 3.36. The molecule has 0 radical (unpaired) electrons. The number of nitrogens with one attached hydrogen (secondary N) is 4. The van der Waals surface area contributed by atoms with E-state index in [9.17, 15) is 8.42 Å². The molecule has 6 N–H and O–H groups in total. The zero-order valence-electron chi connectivity index (χ0n) is 15.4. The lowest BCUT2D eigenvalue weighted by molar-refractivity contribution is 0.598. The molecule has 0 saturated heterocycles. The molecule has 30 heavy (non-hydrogen) atoms. The van der Waals surface area contributed by atoms with E-state index in [0.29, 0.717) is 23.1 Å². The van der Waals surface area contributed by atoms with Crippen molar-refractivity contribution in [1.82, 2.24) is 25.1 Å². The van der Waals surface area contributed by atoms with Crippen molar-refractivity contribution >= 4 is 55.1 Å². The van der Waals surface area contributed by atoms with Crippen molar-refractivity contribution in [1.29, 1.82) is 0 Å². The zero-order valence-corrected chi connectivity index (χ0v) is 16.2. The van der Waals surface area contributed by atoms with E-state index < -0.39 is 10.0 Å². The minimum Gasteiger partial charge on any atom is -0.346 e. The predicted octanol–water partition coefficient (Wildman–Crippen LogP) is 2.97. The van der Waals surface area contributed by atoms with Crippen molar-refractivity contribution in [2.45, 2.75) is 4.90 Å². The molecule has 11 heteroatoms. The van der Waals surface area contributed by atoms with Crippen LogP contribution in [0.2, 0.25) is 0 Å². The number of primary sulfonamides is 1. The number of rotatable bonds is 5. The van der Waals surface area contributed by atoms with E-state index in [4.69, 9.17) is 5.14 Å². The third-order valence-corrected chi connectivity index (χ3v) is 5.45. The Morgan fingerprint density at radius 2 is 1.83 bits per heavy atom. The van der Waals surface area contributed by atoms with Crippen LogP contribution in [0, 0.1) is 0 Å². The van der Waals surface area contributed by atoms with Crippen LogP contribution >= 0.6 is 0 Å². The van der Waals surface area contributed by atoms with Crippen LogP contribution in [0.5, 0.6) is 0 Å². The summed E-state index contributed by atoms with van der Waals surface area (Å²) in [5.74, 6) is 0.881. The number of aromatic nitrogens is 5. The highest BCUT2D eigenvalue weighted by Crippen LogP contribution is 2.27. The second-order valence-electron chi connectivity index (χ2n) is 6.63. The van der Waals surface area contributed by atoms with Gasteiger partial charge in [-0.3, -0.25) is 5.10 Å². The van der Waals surface area contributed by atoms with Crippen LogP contribution < -0.4 is 15.8 Å². The highest BCUT2D eigenvalue weighted by molar-refractivity contribution is 7.89. The predicted molar refractivity (Wildman–Crippen MR) is 114 cm³/mol. The van der Waals surface area contributed by atoms with Crippen LogP contribution in [-0.2, 0) is 10.0 Å². The van der Waals surface area contributed by atoms with Crippen molar-refractivity contribution in [2.75, 3.05) is 10.6 Å². The molecule has 2 aromatic carbocycles. The van der Waals surface area contributed by atoms with Gasteiger partial charge in [-0.1, -0.05) is 6.07 Å². The van der Waals surface area contributed by atoms with E-state index in [1.165, 1.54) is 12.1 Å². The Hall–Kier alpha value is -3.96. The fraction of sp³-hybridized carbons (Fsp3) is 0. The third kappa shape index (κ3) is 3.43. The number of nitrogens with zero attached hydrogens (tertiary/aromatic N) is 3. The summed E-state index contributed by atoms with van der Waals surface area (Å²) >= 11 is 0. The van der Waals surface area contributed by atoms with Gasteiger partial charge in [-0.05, 0) is 42.5 Å². The Kier molecular flexibility index (Phi) is 4.12. The summed E-state index contributed by atoms with van der Waals surface area (Å²) in [6, 6.07) is 13.8. The van der Waals surface area contributed by atoms with Gasteiger partial charge >= 0.3 is 0 Å². The fourth-order valence-electron chi connectivity index (χ4n) is 3.12. The number of benzene rings is 2. The first-order valence-corrected chi connectivity index (χ1v) is 10.5. The molecule has 0 saturated carbocycles. The second-order valence-corrected chi connectivity index (χ2v) is 8.19. The molecule has 3 heterocycles. The maximum absolute atomic E-state index is 11.6. The molecular formula is C19H16N8O2S. The highest BCUT2D eigenvalue weighted by Gasteiger charge is 2.12. The molecule has 0 atom stereocenters. The SMILES string of the molecule is NS(=O)(=O)c1cccc(Nc2nc(Nc3ccc4cn[nH]c4c3)nc3[nH]ccc23)c1. The summed E-state index contributed by atoms with van der Waals surface area (Å²) in [6.07, 6.45) is 3.50. The van der Waals surface area contributed by atoms with Gasteiger partial charge in [0.2, 0.25) is 16.0 Å². The van der Waals surface area contributed by atoms with E-state index in [2.05, 4.69) is 35.8 Å². The molecule has 0 amide bonds. The zero-order chi connectivity index (χ0) is 20.7. The van der Waals surface area contributed by atoms with E-state index in [-0.39, 0.29) is 4.90 Å². The quantitative estimate of drug-likeness (QED) is 0.293. The van der Waals surface area contributed by atoms with Gasteiger partial charge in [0.25, 0.3) is 0 Å². The van der Waals surface area contributed by atoms with Gasteiger partial charge in [0.1, 0.15) is 11.5 Å². The largest absolute Gasteiger partial charge is 0.346 e. The van der Waals surface area contributed by atoms with E-state index in [1.807, 2.05) is 24.3 Å². The summed E-state index contributed by atoms with van der Waals surface area (Å²) in [5.41, 5.74) is 2.84. The standard InChI is InChI=1S/C19H16N8O2S/c20-30(28,29)14-3-1-2-12(8-14)23-18-15-6-7-21-17(15)25-19(26-18)24-13-5-4-11-10-22-27-16(11)9-13/h1-10H,(H,22,27)(H2,20,28,29)(H3,21,23,24,25,26). The van der Waals surface area contributed by atoms with Crippen molar-refractivity contribution in [2.24, 2.45) is 5.14 Å². The molecular weight excluding hydrogens is 404 g/mol. The Morgan fingerprint density at radius 1 is 0.967 bits per heavy atom. The molecule has 0 unspecified atom stereocenters. The topological polar surface area (TPSA) is 154 Å². The van der Waals surface area contributed by atoms with E-state index in [1.54, 1.807) is 24.5 Å². The molecule has 0 spiro atoms. The Bertz CT molecular complexity index is 1490. The minimum absolute atomic E-state index is 0.0121. The molecule has 0 bridgehead atoms. The fourth-order valence-corrected chi connectivity index (χ4v) is 3.68. The normalized spacial score (nSPS) is 11.8. The number of nitrogens with two attached hydrogens (primary N) is 1. The number of H-pyrrole nitrogens is 2. The monoisotopic (exact) mass is 420 g/mol. The van der Waals surface area contributed by atoms with Gasteiger partial charge in [-0.25, -0.2) is 13.6 Å². The number of sulfonamides is 1. The summed E-state index contributed by atoms with van der Waals surface area (Å²) < 4.78 is 23.3. The maximum Gasteiger partial charge on any atom is 0.238 e. The van der Waals surface area contributed by atoms with Crippen LogP contribution in [0.4, 0.5) is 23.1 Å². The molecule has 3 aromatic heterocycles. The Labute approximate surface area is 170 Å². The van der Waals surface area contributed by atoms with Gasteiger partial charge < -0.3 is 15.6 Å². The van der Waals surface area contributed by atoms with Gasteiger partial charge in [-0.2, -0.15) is 15.1 Å². The first-order chi connectivity index (χ1) is 14.5. The van der Waals surface area contributed by atoms with E-state index in [0.717, 1.165) is 22.0 Å². The number of hydrogen-bond donors (Lipinski definition) is 5. The summed E-state index contributed by atoms with van der Waals surface area (Å²) in [6.45, 7) is 0. The average molecular weight is 420 g/mol. The smallest absolute Gasteiger partial charge is 0.238 e. The molecule has 150 valence electrons. The maximum atomic E-state index is 11.6. The van der Waals surface area contributed by atoms with Gasteiger partial charge in [0.15, 0.2) is 0 Å².